The van der Waals surface area contributed by atoms with Gasteiger partial charge >= 0.3 is 0 Å². The smallest absolute Gasteiger partial charge is 0.222 e. The molecule has 0 aromatic carbocycles. The van der Waals surface area contributed by atoms with Crippen molar-refractivity contribution >= 4 is 5.91 Å². The Morgan fingerprint density at radius 1 is 1.29 bits per heavy atom. The van der Waals surface area contributed by atoms with E-state index in [-0.39, 0.29) is 12.0 Å². The fourth-order valence-corrected chi connectivity index (χ4v) is 0.998. The highest BCUT2D eigenvalue weighted by Crippen LogP contribution is 1.99. The summed E-state index contributed by atoms with van der Waals surface area (Å²) in [6.07, 6.45) is 0.591. The molecule has 4 nitrogen and oxygen atoms in total. The number of likely N-dealkylation sites (N-methyl/N-ethyl adjacent to an activating group) is 2. The quantitative estimate of drug-likeness (QED) is 0.667. The molecule has 0 fully saturated rings. The summed E-state index contributed by atoms with van der Waals surface area (Å²) in [5.74, 6) is 0.104. The normalized spacial score (nSPS) is 13.0. The largest absolute Gasteiger partial charge is 0.393 e. The molecule has 1 N–H and O–H groups in total. The second-order valence-corrected chi connectivity index (χ2v) is 4.01. The second-order valence-electron chi connectivity index (χ2n) is 4.01. The molecule has 0 rings (SSSR count). The number of aliphatic hydroxyl groups is 1. The standard InChI is InChI=1S/C10H22N2O2/c1-9(13)5-6-10(14)12(4)8-7-11(2)3/h9,13H,5-8H2,1-4H3. The number of aliphatic hydroxyl groups excluding tert-OH is 1. The van der Waals surface area contributed by atoms with Crippen LogP contribution in [0.2, 0.25) is 0 Å². The lowest BCUT2D eigenvalue weighted by molar-refractivity contribution is -0.130. The third-order valence-corrected chi connectivity index (χ3v) is 2.08. The van der Waals surface area contributed by atoms with E-state index in [1.54, 1.807) is 18.9 Å². The predicted octanol–water partition coefficient (Wildman–Crippen LogP) is 0.167. The lowest BCUT2D eigenvalue weighted by Crippen LogP contribution is -2.33. The molecule has 1 unspecified atom stereocenters. The molecule has 1 amide bonds. The van der Waals surface area contributed by atoms with Crippen LogP contribution >= 0.6 is 0 Å². The third-order valence-electron chi connectivity index (χ3n) is 2.08. The highest BCUT2D eigenvalue weighted by atomic mass is 16.3. The van der Waals surface area contributed by atoms with Crippen LogP contribution in [0.25, 0.3) is 0 Å². The Hall–Kier alpha value is -0.610. The van der Waals surface area contributed by atoms with Crippen molar-refractivity contribution in [2.75, 3.05) is 34.2 Å². The molecule has 0 saturated heterocycles. The van der Waals surface area contributed by atoms with Crippen molar-refractivity contribution in [1.29, 1.82) is 0 Å². The van der Waals surface area contributed by atoms with Crippen LogP contribution in [0.4, 0.5) is 0 Å². The van der Waals surface area contributed by atoms with Crippen LogP contribution in [-0.2, 0) is 4.79 Å². The Morgan fingerprint density at radius 3 is 2.29 bits per heavy atom. The van der Waals surface area contributed by atoms with Crippen molar-refractivity contribution in [2.24, 2.45) is 0 Å². The molecule has 0 bridgehead atoms. The van der Waals surface area contributed by atoms with Crippen molar-refractivity contribution in [3.63, 3.8) is 0 Å². The van der Waals surface area contributed by atoms with Gasteiger partial charge in [0.25, 0.3) is 0 Å². The van der Waals surface area contributed by atoms with Gasteiger partial charge in [0, 0.05) is 26.6 Å². The fourth-order valence-electron chi connectivity index (χ4n) is 0.998. The lowest BCUT2D eigenvalue weighted by atomic mass is 10.2. The van der Waals surface area contributed by atoms with Gasteiger partial charge in [-0.2, -0.15) is 0 Å². The highest BCUT2D eigenvalue weighted by molar-refractivity contribution is 5.75. The number of carbonyl (C=O) groups excluding carboxylic acids is 1. The van der Waals surface area contributed by atoms with E-state index in [1.165, 1.54) is 0 Å². The minimum absolute atomic E-state index is 0.104. The molecule has 0 radical (unpaired) electrons. The molecule has 0 aliphatic carbocycles. The number of rotatable bonds is 6. The first-order valence-corrected chi connectivity index (χ1v) is 5.00. The molecule has 0 aliphatic heterocycles. The topological polar surface area (TPSA) is 43.8 Å². The molecular weight excluding hydrogens is 180 g/mol. The number of hydrogen-bond acceptors (Lipinski definition) is 3. The van der Waals surface area contributed by atoms with E-state index in [4.69, 9.17) is 5.11 Å². The van der Waals surface area contributed by atoms with Crippen molar-refractivity contribution in [3.05, 3.63) is 0 Å². The summed E-state index contributed by atoms with van der Waals surface area (Å²) in [5.41, 5.74) is 0. The van der Waals surface area contributed by atoms with E-state index in [0.29, 0.717) is 12.8 Å². The maximum Gasteiger partial charge on any atom is 0.222 e. The maximum atomic E-state index is 11.5. The summed E-state index contributed by atoms with van der Waals surface area (Å²) in [4.78, 5) is 15.2. The monoisotopic (exact) mass is 202 g/mol. The number of amides is 1. The molecule has 1 atom stereocenters. The van der Waals surface area contributed by atoms with Crippen LogP contribution in [0.1, 0.15) is 19.8 Å². The van der Waals surface area contributed by atoms with Gasteiger partial charge in [-0.05, 0) is 27.4 Å². The fraction of sp³-hybridized carbons (Fsp3) is 0.900. The first kappa shape index (κ1) is 13.4. The lowest BCUT2D eigenvalue weighted by Gasteiger charge is -2.19. The van der Waals surface area contributed by atoms with Crippen LogP contribution < -0.4 is 0 Å². The molecule has 0 heterocycles. The summed E-state index contributed by atoms with van der Waals surface area (Å²) in [6, 6.07) is 0. The Labute approximate surface area is 86.5 Å². The molecule has 0 saturated carbocycles. The van der Waals surface area contributed by atoms with Gasteiger partial charge in [0.1, 0.15) is 0 Å². The average molecular weight is 202 g/mol. The predicted molar refractivity (Wildman–Crippen MR) is 57.1 cm³/mol. The SMILES string of the molecule is CC(O)CCC(=O)N(C)CCN(C)C. The molecule has 14 heavy (non-hydrogen) atoms. The second kappa shape index (κ2) is 6.79. The van der Waals surface area contributed by atoms with Gasteiger partial charge in [-0.25, -0.2) is 0 Å². The first-order valence-electron chi connectivity index (χ1n) is 5.00. The van der Waals surface area contributed by atoms with E-state index < -0.39 is 0 Å². The Morgan fingerprint density at radius 2 is 1.86 bits per heavy atom. The minimum atomic E-state index is -0.388. The van der Waals surface area contributed by atoms with E-state index in [0.717, 1.165) is 13.1 Å². The summed E-state index contributed by atoms with van der Waals surface area (Å²) < 4.78 is 0. The molecular formula is C10H22N2O2. The van der Waals surface area contributed by atoms with Gasteiger partial charge in [0.05, 0.1) is 6.10 Å². The van der Waals surface area contributed by atoms with Crippen molar-refractivity contribution in [1.82, 2.24) is 9.80 Å². The molecule has 84 valence electrons. The van der Waals surface area contributed by atoms with Gasteiger partial charge in [0.2, 0.25) is 5.91 Å². The maximum absolute atomic E-state index is 11.5. The average Bonchev–Trinajstić information content (AvgIpc) is 2.09. The van der Waals surface area contributed by atoms with Gasteiger partial charge in [0.15, 0.2) is 0 Å². The molecule has 4 heteroatoms. The van der Waals surface area contributed by atoms with E-state index in [9.17, 15) is 4.79 Å². The summed E-state index contributed by atoms with van der Waals surface area (Å²) in [5, 5.41) is 9.02. The Balaban J connectivity index is 3.65. The van der Waals surface area contributed by atoms with E-state index in [2.05, 4.69) is 0 Å². The number of carbonyl (C=O) groups is 1. The Bertz CT molecular complexity index is 170. The van der Waals surface area contributed by atoms with Gasteiger partial charge in [-0.3, -0.25) is 4.79 Å². The summed E-state index contributed by atoms with van der Waals surface area (Å²) in [6.45, 7) is 3.32. The van der Waals surface area contributed by atoms with Gasteiger partial charge < -0.3 is 14.9 Å². The molecule has 0 aliphatic rings. The van der Waals surface area contributed by atoms with Crippen LogP contribution in [0, 0.1) is 0 Å². The number of hydrogen-bond donors (Lipinski definition) is 1. The summed E-state index contributed by atoms with van der Waals surface area (Å²) in [7, 11) is 5.76. The minimum Gasteiger partial charge on any atom is -0.393 e. The van der Waals surface area contributed by atoms with Crippen molar-refractivity contribution < 1.29 is 9.90 Å². The molecule has 0 spiro atoms. The highest BCUT2D eigenvalue weighted by Gasteiger charge is 2.09. The van der Waals surface area contributed by atoms with E-state index >= 15 is 0 Å². The zero-order valence-electron chi connectivity index (χ0n) is 9.66. The Kier molecular flexibility index (Phi) is 6.49. The zero-order chi connectivity index (χ0) is 11.1. The van der Waals surface area contributed by atoms with Gasteiger partial charge in [-0.1, -0.05) is 0 Å². The van der Waals surface area contributed by atoms with Crippen LogP contribution in [0.15, 0.2) is 0 Å². The van der Waals surface area contributed by atoms with Crippen LogP contribution in [0.3, 0.4) is 0 Å². The van der Waals surface area contributed by atoms with Crippen molar-refractivity contribution in [2.45, 2.75) is 25.9 Å². The first-order chi connectivity index (χ1) is 6.43. The van der Waals surface area contributed by atoms with Crippen LogP contribution in [0.5, 0.6) is 0 Å². The van der Waals surface area contributed by atoms with Crippen LogP contribution in [-0.4, -0.2) is 61.2 Å². The van der Waals surface area contributed by atoms with Crippen molar-refractivity contribution in [3.8, 4) is 0 Å². The molecule has 0 aromatic heterocycles. The zero-order valence-corrected chi connectivity index (χ0v) is 9.66. The summed E-state index contributed by atoms with van der Waals surface area (Å²) >= 11 is 0. The third kappa shape index (κ3) is 6.86. The number of nitrogens with zero attached hydrogens (tertiary/aromatic N) is 2. The van der Waals surface area contributed by atoms with Gasteiger partial charge in [-0.15, -0.1) is 0 Å². The van der Waals surface area contributed by atoms with E-state index in [1.807, 2.05) is 19.0 Å². The molecule has 0 aromatic rings.